The van der Waals surface area contributed by atoms with E-state index >= 15 is 0 Å². The predicted molar refractivity (Wildman–Crippen MR) is 98.7 cm³/mol. The van der Waals surface area contributed by atoms with E-state index in [2.05, 4.69) is 16.0 Å². The van der Waals surface area contributed by atoms with Gasteiger partial charge in [0.05, 0.1) is 11.5 Å². The van der Waals surface area contributed by atoms with E-state index in [4.69, 9.17) is 0 Å². The van der Waals surface area contributed by atoms with E-state index in [1.54, 1.807) is 12.1 Å². The maximum absolute atomic E-state index is 12.5. The van der Waals surface area contributed by atoms with Gasteiger partial charge in [0.15, 0.2) is 9.84 Å². The number of phenols is 1. The van der Waals surface area contributed by atoms with Crippen LogP contribution < -0.4 is 16.0 Å². The molecule has 1 fully saturated rings. The van der Waals surface area contributed by atoms with Crippen molar-refractivity contribution in [3.8, 4) is 5.75 Å². The van der Waals surface area contributed by atoms with Gasteiger partial charge >= 0.3 is 6.03 Å². The van der Waals surface area contributed by atoms with Crippen LogP contribution in [0, 0.1) is 5.92 Å². The van der Waals surface area contributed by atoms with E-state index in [0.29, 0.717) is 18.5 Å². The molecule has 1 aliphatic heterocycles. The molecule has 0 bridgehead atoms. The average Bonchev–Trinajstić information content (AvgIpc) is 2.84. The van der Waals surface area contributed by atoms with Gasteiger partial charge in [-0.15, -0.1) is 0 Å². The minimum Gasteiger partial charge on any atom is -0.508 e. The summed E-state index contributed by atoms with van der Waals surface area (Å²) < 4.78 is 22.9. The fraction of sp³-hybridized carbons (Fsp3) is 0.529. The Kier molecular flexibility index (Phi) is 6.47. The SMILES string of the molecule is CC(C)CC(NC(=O)NC1CCS(=O)(=O)C1)C(=O)Nc1cccc(O)c1. The molecule has 0 aliphatic carbocycles. The number of phenolic OH excluding ortho intramolecular Hbond substituents is 1. The number of anilines is 1. The Bertz CT molecular complexity index is 763. The molecule has 0 aromatic heterocycles. The molecule has 0 saturated carbocycles. The van der Waals surface area contributed by atoms with Crippen molar-refractivity contribution in [2.75, 3.05) is 16.8 Å². The van der Waals surface area contributed by atoms with Gasteiger partial charge in [0, 0.05) is 17.8 Å². The van der Waals surface area contributed by atoms with Crippen LogP contribution in [0.3, 0.4) is 0 Å². The summed E-state index contributed by atoms with van der Waals surface area (Å²) >= 11 is 0. The maximum atomic E-state index is 12.5. The molecule has 0 spiro atoms. The Morgan fingerprint density at radius 2 is 2.04 bits per heavy atom. The molecule has 2 unspecified atom stereocenters. The lowest BCUT2D eigenvalue weighted by Crippen LogP contribution is -2.51. The quantitative estimate of drug-likeness (QED) is 0.588. The molecule has 8 nitrogen and oxygen atoms in total. The second-order valence-corrected chi connectivity index (χ2v) is 9.17. The summed E-state index contributed by atoms with van der Waals surface area (Å²) in [5.74, 6) is -0.243. The lowest BCUT2D eigenvalue weighted by molar-refractivity contribution is -0.118. The number of benzene rings is 1. The Morgan fingerprint density at radius 1 is 1.31 bits per heavy atom. The highest BCUT2D eigenvalue weighted by Gasteiger charge is 2.30. The third kappa shape index (κ3) is 6.21. The summed E-state index contributed by atoms with van der Waals surface area (Å²) in [6, 6.07) is 4.35. The predicted octanol–water partition coefficient (Wildman–Crippen LogP) is 1.23. The van der Waals surface area contributed by atoms with Crippen LogP contribution in [0.1, 0.15) is 26.7 Å². The van der Waals surface area contributed by atoms with E-state index in [9.17, 15) is 23.1 Å². The van der Waals surface area contributed by atoms with Crippen molar-refractivity contribution < 1.29 is 23.1 Å². The summed E-state index contributed by atoms with van der Waals surface area (Å²) in [6.07, 6.45) is 0.793. The monoisotopic (exact) mass is 383 g/mol. The first-order valence-electron chi connectivity index (χ1n) is 8.52. The molecule has 9 heteroatoms. The Balaban J connectivity index is 1.97. The third-order valence-corrected chi connectivity index (χ3v) is 5.78. The number of urea groups is 1. The van der Waals surface area contributed by atoms with E-state index < -0.39 is 33.9 Å². The number of hydrogen-bond donors (Lipinski definition) is 4. The summed E-state index contributed by atoms with van der Waals surface area (Å²) in [5.41, 5.74) is 0.424. The van der Waals surface area contributed by atoms with Crippen molar-refractivity contribution in [2.24, 2.45) is 5.92 Å². The van der Waals surface area contributed by atoms with Crippen molar-refractivity contribution in [1.82, 2.24) is 10.6 Å². The molecule has 2 rings (SSSR count). The number of sulfone groups is 1. The molecule has 4 N–H and O–H groups in total. The lowest BCUT2D eigenvalue weighted by Gasteiger charge is -2.21. The van der Waals surface area contributed by atoms with Crippen molar-refractivity contribution >= 4 is 27.5 Å². The zero-order valence-corrected chi connectivity index (χ0v) is 15.7. The Labute approximate surface area is 153 Å². The normalized spacial score (nSPS) is 19.7. The van der Waals surface area contributed by atoms with Gasteiger partial charge in [-0.2, -0.15) is 0 Å². The van der Waals surface area contributed by atoms with Crippen molar-refractivity contribution in [1.29, 1.82) is 0 Å². The molecule has 0 radical (unpaired) electrons. The van der Waals surface area contributed by atoms with E-state index in [1.807, 2.05) is 13.8 Å². The van der Waals surface area contributed by atoms with Crippen LogP contribution in [-0.4, -0.2) is 49.1 Å². The molecule has 1 aromatic carbocycles. The number of carbonyl (C=O) groups is 2. The summed E-state index contributed by atoms with van der Waals surface area (Å²) in [4.78, 5) is 24.7. The molecule has 1 aliphatic rings. The largest absolute Gasteiger partial charge is 0.508 e. The molecule has 1 saturated heterocycles. The fourth-order valence-electron chi connectivity index (χ4n) is 2.81. The first kappa shape index (κ1) is 20.0. The number of hydrogen-bond acceptors (Lipinski definition) is 5. The first-order chi connectivity index (χ1) is 12.1. The summed E-state index contributed by atoms with van der Waals surface area (Å²) in [6.45, 7) is 3.86. The number of rotatable bonds is 6. The van der Waals surface area contributed by atoms with E-state index in [-0.39, 0.29) is 23.2 Å². The van der Waals surface area contributed by atoms with Gasteiger partial charge in [-0.25, -0.2) is 13.2 Å². The van der Waals surface area contributed by atoms with Gasteiger partial charge in [-0.3, -0.25) is 4.79 Å². The van der Waals surface area contributed by atoms with Crippen molar-refractivity contribution in [2.45, 2.75) is 38.8 Å². The second kappa shape index (κ2) is 8.39. The van der Waals surface area contributed by atoms with Crippen LogP contribution in [0.2, 0.25) is 0 Å². The molecule has 1 heterocycles. The summed E-state index contributed by atoms with van der Waals surface area (Å²) in [5, 5.41) is 17.4. The fourth-order valence-corrected chi connectivity index (χ4v) is 4.48. The van der Waals surface area contributed by atoms with Crippen LogP contribution in [0.15, 0.2) is 24.3 Å². The maximum Gasteiger partial charge on any atom is 0.315 e. The van der Waals surface area contributed by atoms with Gasteiger partial charge in [0.1, 0.15) is 11.8 Å². The Hall–Kier alpha value is -2.29. The van der Waals surface area contributed by atoms with Gasteiger partial charge in [-0.1, -0.05) is 19.9 Å². The van der Waals surface area contributed by atoms with Crippen molar-refractivity contribution in [3.05, 3.63) is 24.3 Å². The van der Waals surface area contributed by atoms with Gasteiger partial charge in [-0.05, 0) is 30.9 Å². The second-order valence-electron chi connectivity index (χ2n) is 6.94. The van der Waals surface area contributed by atoms with Crippen molar-refractivity contribution in [3.63, 3.8) is 0 Å². The highest BCUT2D eigenvalue weighted by atomic mass is 32.2. The highest BCUT2D eigenvalue weighted by molar-refractivity contribution is 7.91. The van der Waals surface area contributed by atoms with E-state index in [0.717, 1.165) is 0 Å². The Morgan fingerprint density at radius 3 is 2.62 bits per heavy atom. The number of carbonyl (C=O) groups excluding carboxylic acids is 2. The van der Waals surface area contributed by atoms with Crippen LogP contribution in [0.5, 0.6) is 5.75 Å². The molecule has 3 amide bonds. The average molecular weight is 383 g/mol. The van der Waals surface area contributed by atoms with Crippen LogP contribution in [-0.2, 0) is 14.6 Å². The number of amides is 3. The first-order valence-corrected chi connectivity index (χ1v) is 10.3. The standard InChI is InChI=1S/C17H25N3O5S/c1-11(2)8-15(16(22)18-12-4-3-5-14(21)9-12)20-17(23)19-13-6-7-26(24,25)10-13/h3-5,9,11,13,15,21H,6-8,10H2,1-2H3,(H,18,22)(H2,19,20,23). The number of aromatic hydroxyl groups is 1. The topological polar surface area (TPSA) is 125 Å². The van der Waals surface area contributed by atoms with Gasteiger partial charge in [0.25, 0.3) is 0 Å². The molecule has 144 valence electrons. The lowest BCUT2D eigenvalue weighted by atomic mass is 10.0. The van der Waals surface area contributed by atoms with Crippen LogP contribution in [0.4, 0.5) is 10.5 Å². The van der Waals surface area contributed by atoms with Gasteiger partial charge < -0.3 is 21.1 Å². The van der Waals surface area contributed by atoms with Crippen LogP contribution >= 0.6 is 0 Å². The smallest absolute Gasteiger partial charge is 0.315 e. The number of nitrogens with one attached hydrogen (secondary N) is 3. The van der Waals surface area contributed by atoms with Crippen LogP contribution in [0.25, 0.3) is 0 Å². The van der Waals surface area contributed by atoms with Gasteiger partial charge in [0.2, 0.25) is 5.91 Å². The summed E-state index contributed by atoms with van der Waals surface area (Å²) in [7, 11) is -3.10. The molecule has 1 aromatic rings. The molecule has 2 atom stereocenters. The molecule has 26 heavy (non-hydrogen) atoms. The van der Waals surface area contributed by atoms with E-state index in [1.165, 1.54) is 12.1 Å². The highest BCUT2D eigenvalue weighted by Crippen LogP contribution is 2.16. The minimum absolute atomic E-state index is 0.0244. The zero-order valence-electron chi connectivity index (χ0n) is 14.9. The molecular weight excluding hydrogens is 358 g/mol. The minimum atomic E-state index is -3.10. The zero-order chi connectivity index (χ0) is 19.3. The molecular formula is C17H25N3O5S. The third-order valence-electron chi connectivity index (χ3n) is 4.01.